The maximum Gasteiger partial charge on any atom is 0.412 e. The molecule has 0 bridgehead atoms. The number of carbonyl (C=O) groups excluding carboxylic acids is 2. The Morgan fingerprint density at radius 3 is 2.35 bits per heavy atom. The lowest BCUT2D eigenvalue weighted by atomic mass is 10.0. The number of rotatable bonds is 11. The minimum absolute atomic E-state index is 0.111. The van der Waals surface area contributed by atoms with Gasteiger partial charge in [-0.2, -0.15) is 0 Å². The molecular weight excluding hydrogens is 474 g/mol. The van der Waals surface area contributed by atoms with Crippen LogP contribution in [0.3, 0.4) is 0 Å². The fraction of sp³-hybridized carbons (Fsp3) is 0.214. The number of benzene rings is 3. The molecular formula is C28H31N3O6. The van der Waals surface area contributed by atoms with Crippen LogP contribution in [0, 0.1) is 6.92 Å². The fourth-order valence-corrected chi connectivity index (χ4v) is 3.41. The number of nitrogens with one attached hydrogen (secondary N) is 2. The van der Waals surface area contributed by atoms with Crippen LogP contribution in [0.5, 0.6) is 5.75 Å². The van der Waals surface area contributed by atoms with Crippen molar-refractivity contribution in [2.75, 3.05) is 36.7 Å². The zero-order valence-electron chi connectivity index (χ0n) is 20.7. The Labute approximate surface area is 215 Å². The second-order valence-corrected chi connectivity index (χ2v) is 8.09. The number of anilines is 3. The number of methoxy groups -OCH3 is 1. The summed E-state index contributed by atoms with van der Waals surface area (Å²) in [7, 11) is 1.45. The SMILES string of the molecule is CO[C@@H](/C=C/C(=O)Nc1ccccc1N)[C@@H](OC(=O)Nc1ccc(C)cc1)c1ccc(OCCO)cc1. The highest BCUT2D eigenvalue weighted by Gasteiger charge is 2.26. The van der Waals surface area contributed by atoms with E-state index in [1.54, 1.807) is 60.7 Å². The van der Waals surface area contributed by atoms with Crippen molar-refractivity contribution >= 4 is 29.1 Å². The number of carbonyl (C=O) groups is 2. The number of hydrogen-bond acceptors (Lipinski definition) is 7. The van der Waals surface area contributed by atoms with Gasteiger partial charge >= 0.3 is 6.09 Å². The quantitative estimate of drug-likeness (QED) is 0.224. The summed E-state index contributed by atoms with van der Waals surface area (Å²) in [4.78, 5) is 25.3. The molecule has 0 saturated carbocycles. The van der Waals surface area contributed by atoms with Crippen LogP contribution in [0.25, 0.3) is 0 Å². The van der Waals surface area contributed by atoms with E-state index in [-0.39, 0.29) is 13.2 Å². The smallest absolute Gasteiger partial charge is 0.412 e. The Morgan fingerprint density at radius 2 is 1.70 bits per heavy atom. The normalized spacial score (nSPS) is 12.5. The molecule has 2 atom stereocenters. The highest BCUT2D eigenvalue weighted by atomic mass is 16.6. The molecule has 0 saturated heterocycles. The van der Waals surface area contributed by atoms with Gasteiger partial charge in [-0.15, -0.1) is 0 Å². The lowest BCUT2D eigenvalue weighted by molar-refractivity contribution is -0.112. The highest BCUT2D eigenvalue weighted by Crippen LogP contribution is 2.27. The molecule has 0 aromatic heterocycles. The zero-order chi connectivity index (χ0) is 26.6. The molecule has 9 heteroatoms. The maximum atomic E-state index is 12.8. The summed E-state index contributed by atoms with van der Waals surface area (Å²) in [6.45, 7) is 1.99. The molecule has 5 N–H and O–H groups in total. The number of hydrogen-bond donors (Lipinski definition) is 4. The first-order chi connectivity index (χ1) is 17.9. The van der Waals surface area contributed by atoms with Crippen molar-refractivity contribution < 1.29 is 28.9 Å². The van der Waals surface area contributed by atoms with E-state index in [2.05, 4.69) is 10.6 Å². The van der Waals surface area contributed by atoms with Crippen molar-refractivity contribution in [2.24, 2.45) is 0 Å². The number of aliphatic hydroxyl groups is 1. The minimum Gasteiger partial charge on any atom is -0.491 e. The van der Waals surface area contributed by atoms with Crippen LogP contribution in [0.1, 0.15) is 17.2 Å². The molecule has 9 nitrogen and oxygen atoms in total. The van der Waals surface area contributed by atoms with Crippen molar-refractivity contribution in [1.29, 1.82) is 0 Å². The summed E-state index contributed by atoms with van der Waals surface area (Å²) in [6.07, 6.45) is 0.425. The van der Waals surface area contributed by atoms with E-state index >= 15 is 0 Å². The number of nitrogens with two attached hydrogens (primary N) is 1. The highest BCUT2D eigenvalue weighted by molar-refractivity contribution is 6.01. The van der Waals surface area contributed by atoms with Crippen molar-refractivity contribution in [3.63, 3.8) is 0 Å². The third-order valence-electron chi connectivity index (χ3n) is 5.33. The van der Waals surface area contributed by atoms with Gasteiger partial charge in [-0.25, -0.2) is 4.79 Å². The molecule has 2 amide bonds. The predicted molar refractivity (Wildman–Crippen MR) is 142 cm³/mol. The second kappa shape index (κ2) is 13.7. The summed E-state index contributed by atoms with van der Waals surface area (Å²) in [6, 6.07) is 21.0. The van der Waals surface area contributed by atoms with Gasteiger partial charge < -0.3 is 30.4 Å². The lowest BCUT2D eigenvalue weighted by Crippen LogP contribution is -2.27. The molecule has 3 aromatic rings. The standard InChI is InChI=1S/C28H31N3O6/c1-19-7-11-21(12-8-19)30-28(34)37-27(20-9-13-22(14-10-20)36-18-17-32)25(35-2)15-16-26(33)31-24-6-4-3-5-23(24)29/h3-16,25,27,32H,17-18,29H2,1-2H3,(H,30,34)(H,31,33)/b16-15+/t25-,27-/m0/s1. The van der Waals surface area contributed by atoms with Crippen molar-refractivity contribution in [3.05, 3.63) is 96.1 Å². The fourth-order valence-electron chi connectivity index (χ4n) is 3.41. The first-order valence-corrected chi connectivity index (χ1v) is 11.6. The monoisotopic (exact) mass is 505 g/mol. The minimum atomic E-state index is -0.895. The van der Waals surface area contributed by atoms with Gasteiger partial charge in [0.25, 0.3) is 0 Å². The number of aliphatic hydroxyl groups excluding tert-OH is 1. The number of amides is 2. The van der Waals surface area contributed by atoms with E-state index in [9.17, 15) is 9.59 Å². The Bertz CT molecular complexity index is 1200. The largest absolute Gasteiger partial charge is 0.491 e. The molecule has 3 rings (SSSR count). The molecule has 0 fully saturated rings. The molecule has 0 radical (unpaired) electrons. The van der Waals surface area contributed by atoms with Gasteiger partial charge in [-0.05, 0) is 55.0 Å². The first-order valence-electron chi connectivity index (χ1n) is 11.6. The van der Waals surface area contributed by atoms with Crippen LogP contribution >= 0.6 is 0 Å². The van der Waals surface area contributed by atoms with Gasteiger partial charge in [-0.1, -0.05) is 42.0 Å². The van der Waals surface area contributed by atoms with Crippen LogP contribution in [0.2, 0.25) is 0 Å². The summed E-state index contributed by atoms with van der Waals surface area (Å²) < 4.78 is 16.8. The third kappa shape index (κ3) is 8.38. The van der Waals surface area contributed by atoms with Crippen molar-refractivity contribution in [3.8, 4) is 5.75 Å². The Hall–Kier alpha value is -4.34. The number of para-hydroxylation sites is 2. The van der Waals surface area contributed by atoms with Crippen LogP contribution in [-0.4, -0.2) is 43.5 Å². The summed E-state index contributed by atoms with van der Waals surface area (Å²) in [5.41, 5.74) is 9.05. The van der Waals surface area contributed by atoms with Crippen LogP contribution in [0.4, 0.5) is 21.9 Å². The summed E-state index contributed by atoms with van der Waals surface area (Å²) >= 11 is 0. The van der Waals surface area contributed by atoms with E-state index in [1.807, 2.05) is 19.1 Å². The molecule has 0 unspecified atom stereocenters. The van der Waals surface area contributed by atoms with Gasteiger partial charge in [0, 0.05) is 18.9 Å². The van der Waals surface area contributed by atoms with E-state index in [4.69, 9.17) is 25.1 Å². The maximum absolute atomic E-state index is 12.8. The third-order valence-corrected chi connectivity index (χ3v) is 5.33. The average molecular weight is 506 g/mol. The van der Waals surface area contributed by atoms with Gasteiger partial charge in [0.05, 0.1) is 18.0 Å². The average Bonchev–Trinajstić information content (AvgIpc) is 2.90. The summed E-state index contributed by atoms with van der Waals surface area (Å²) in [5, 5.41) is 14.4. The molecule has 3 aromatic carbocycles. The molecule has 0 aliphatic rings. The molecule has 0 spiro atoms. The number of aryl methyl sites for hydroxylation is 1. The Balaban J connectivity index is 1.79. The van der Waals surface area contributed by atoms with Gasteiger partial charge in [0.1, 0.15) is 18.5 Å². The van der Waals surface area contributed by atoms with Gasteiger partial charge in [0.15, 0.2) is 6.10 Å². The first kappa shape index (κ1) is 27.3. The molecule has 37 heavy (non-hydrogen) atoms. The second-order valence-electron chi connectivity index (χ2n) is 8.09. The summed E-state index contributed by atoms with van der Waals surface area (Å²) in [5.74, 6) is 0.126. The number of nitrogen functional groups attached to an aromatic ring is 1. The van der Waals surface area contributed by atoms with E-state index < -0.39 is 24.2 Å². The zero-order valence-corrected chi connectivity index (χ0v) is 20.7. The van der Waals surface area contributed by atoms with E-state index in [0.717, 1.165) is 5.56 Å². The van der Waals surface area contributed by atoms with E-state index in [0.29, 0.717) is 28.4 Å². The Kier molecular flexibility index (Phi) is 10.1. The molecule has 0 aliphatic carbocycles. The molecule has 0 heterocycles. The predicted octanol–water partition coefficient (Wildman–Crippen LogP) is 4.45. The van der Waals surface area contributed by atoms with Gasteiger partial charge in [0.2, 0.25) is 5.91 Å². The van der Waals surface area contributed by atoms with Crippen LogP contribution in [0.15, 0.2) is 84.9 Å². The number of ether oxygens (including phenoxy) is 3. The van der Waals surface area contributed by atoms with Crippen LogP contribution < -0.4 is 21.1 Å². The van der Waals surface area contributed by atoms with E-state index in [1.165, 1.54) is 19.3 Å². The van der Waals surface area contributed by atoms with Crippen LogP contribution in [-0.2, 0) is 14.3 Å². The molecule has 0 aliphatic heterocycles. The van der Waals surface area contributed by atoms with Gasteiger partial charge in [-0.3, -0.25) is 10.1 Å². The lowest BCUT2D eigenvalue weighted by Gasteiger charge is -2.24. The Morgan fingerprint density at radius 1 is 1.00 bits per heavy atom. The topological polar surface area (TPSA) is 132 Å². The van der Waals surface area contributed by atoms with Crippen molar-refractivity contribution in [1.82, 2.24) is 0 Å². The van der Waals surface area contributed by atoms with Crippen molar-refractivity contribution in [2.45, 2.75) is 19.1 Å². The molecule has 194 valence electrons.